The van der Waals surface area contributed by atoms with Gasteiger partial charge >= 0.3 is 0 Å². The third-order valence-electron chi connectivity index (χ3n) is 5.84. The van der Waals surface area contributed by atoms with Crippen molar-refractivity contribution in [3.05, 3.63) is 53.1 Å². The lowest BCUT2D eigenvalue weighted by Crippen LogP contribution is -2.48. The van der Waals surface area contributed by atoms with Gasteiger partial charge in [-0.1, -0.05) is 17.7 Å². The van der Waals surface area contributed by atoms with E-state index in [1.807, 2.05) is 48.2 Å². The molecule has 4 rings (SSSR count). The fourth-order valence-corrected chi connectivity index (χ4v) is 4.23. The zero-order valence-electron chi connectivity index (χ0n) is 17.1. The molecule has 0 spiro atoms. The monoisotopic (exact) mass is 394 g/mol. The molecule has 0 bridgehead atoms. The number of hydrogen-bond donors (Lipinski definition) is 0. The van der Waals surface area contributed by atoms with Crippen LogP contribution in [-0.4, -0.2) is 43.5 Å². The maximum Gasteiger partial charge on any atom is 0.246 e. The standard InChI is InChI=1S/C23H26N2O4/c1-15-4-6-18(7-5-15)25-19(8-9-22(25)26)23(27)24-11-10-16-12-20(28-2)21(29-3)13-17(16)14-24/h4-7,12-13,19H,8-11,14H2,1-3H3. The van der Waals surface area contributed by atoms with Gasteiger partial charge in [0.25, 0.3) is 0 Å². The van der Waals surface area contributed by atoms with E-state index in [-0.39, 0.29) is 11.8 Å². The Morgan fingerprint density at radius 2 is 1.66 bits per heavy atom. The number of nitrogens with zero attached hydrogens (tertiary/aromatic N) is 2. The highest BCUT2D eigenvalue weighted by Gasteiger charge is 2.39. The van der Waals surface area contributed by atoms with Gasteiger partial charge in [-0.15, -0.1) is 0 Å². The first-order valence-corrected chi connectivity index (χ1v) is 9.93. The van der Waals surface area contributed by atoms with Crippen LogP contribution in [0, 0.1) is 6.92 Å². The number of ether oxygens (including phenoxy) is 2. The Morgan fingerprint density at radius 1 is 1.00 bits per heavy atom. The van der Waals surface area contributed by atoms with E-state index in [1.165, 1.54) is 5.56 Å². The maximum atomic E-state index is 13.4. The van der Waals surface area contributed by atoms with Gasteiger partial charge in [0.1, 0.15) is 6.04 Å². The SMILES string of the molecule is COc1cc2c(cc1OC)CN(C(=O)C1CCC(=O)N1c1ccc(C)cc1)CC2. The van der Waals surface area contributed by atoms with Crippen molar-refractivity contribution in [1.82, 2.24) is 4.90 Å². The highest BCUT2D eigenvalue weighted by atomic mass is 16.5. The molecule has 2 amide bonds. The molecule has 2 heterocycles. The van der Waals surface area contributed by atoms with Crippen molar-refractivity contribution in [3.63, 3.8) is 0 Å². The van der Waals surface area contributed by atoms with Crippen molar-refractivity contribution < 1.29 is 19.1 Å². The molecule has 2 aromatic carbocycles. The molecule has 1 fully saturated rings. The smallest absolute Gasteiger partial charge is 0.246 e. The third kappa shape index (κ3) is 3.55. The second-order valence-corrected chi connectivity index (χ2v) is 7.64. The first-order valence-electron chi connectivity index (χ1n) is 9.93. The van der Waals surface area contributed by atoms with Crippen LogP contribution < -0.4 is 14.4 Å². The molecule has 0 aromatic heterocycles. The van der Waals surface area contributed by atoms with Crippen LogP contribution in [0.2, 0.25) is 0 Å². The van der Waals surface area contributed by atoms with E-state index in [1.54, 1.807) is 19.1 Å². The van der Waals surface area contributed by atoms with E-state index in [0.29, 0.717) is 37.4 Å². The van der Waals surface area contributed by atoms with Crippen molar-refractivity contribution in [2.45, 2.75) is 38.8 Å². The van der Waals surface area contributed by atoms with Gasteiger partial charge in [0.15, 0.2) is 11.5 Å². The summed E-state index contributed by atoms with van der Waals surface area (Å²) < 4.78 is 10.8. The van der Waals surface area contributed by atoms with Crippen molar-refractivity contribution in [1.29, 1.82) is 0 Å². The van der Waals surface area contributed by atoms with Gasteiger partial charge in [-0.25, -0.2) is 0 Å². The average molecular weight is 394 g/mol. The maximum absolute atomic E-state index is 13.4. The molecule has 2 aliphatic heterocycles. The van der Waals surface area contributed by atoms with E-state index in [0.717, 1.165) is 23.2 Å². The minimum absolute atomic E-state index is 0.0102. The zero-order valence-corrected chi connectivity index (χ0v) is 17.1. The summed E-state index contributed by atoms with van der Waals surface area (Å²) in [5.41, 5.74) is 4.15. The Kier molecular flexibility index (Phi) is 5.18. The van der Waals surface area contributed by atoms with E-state index < -0.39 is 6.04 Å². The van der Waals surface area contributed by atoms with Crippen LogP contribution in [-0.2, 0) is 22.6 Å². The number of anilines is 1. The first kappa shape index (κ1) is 19.3. The van der Waals surface area contributed by atoms with Gasteiger partial charge in [-0.2, -0.15) is 0 Å². The van der Waals surface area contributed by atoms with Crippen LogP contribution >= 0.6 is 0 Å². The molecule has 2 aliphatic rings. The van der Waals surface area contributed by atoms with Gasteiger partial charge in [0.05, 0.1) is 14.2 Å². The molecule has 1 unspecified atom stereocenters. The van der Waals surface area contributed by atoms with Crippen LogP contribution in [0.15, 0.2) is 36.4 Å². The summed E-state index contributed by atoms with van der Waals surface area (Å²) in [6.45, 7) is 3.15. The van der Waals surface area contributed by atoms with Crippen molar-refractivity contribution >= 4 is 17.5 Å². The van der Waals surface area contributed by atoms with Crippen LogP contribution in [0.25, 0.3) is 0 Å². The molecule has 2 aromatic rings. The highest BCUT2D eigenvalue weighted by molar-refractivity contribution is 6.03. The second kappa shape index (κ2) is 7.78. The van der Waals surface area contributed by atoms with E-state index in [2.05, 4.69) is 0 Å². The van der Waals surface area contributed by atoms with Crippen molar-refractivity contribution in [3.8, 4) is 11.5 Å². The molecule has 6 nitrogen and oxygen atoms in total. The Balaban J connectivity index is 1.57. The number of methoxy groups -OCH3 is 2. The summed E-state index contributed by atoms with van der Waals surface area (Å²) in [5.74, 6) is 1.39. The number of carbonyl (C=O) groups is 2. The predicted octanol–water partition coefficient (Wildman–Crippen LogP) is 3.09. The number of aryl methyl sites for hydroxylation is 1. The average Bonchev–Trinajstić information content (AvgIpc) is 3.13. The number of hydrogen-bond acceptors (Lipinski definition) is 4. The summed E-state index contributed by atoms with van der Waals surface area (Å²) >= 11 is 0. The van der Waals surface area contributed by atoms with E-state index in [9.17, 15) is 9.59 Å². The summed E-state index contributed by atoms with van der Waals surface area (Å²) in [6, 6.07) is 11.3. The Labute approximate surface area is 171 Å². The van der Waals surface area contributed by atoms with Crippen molar-refractivity contribution in [2.75, 3.05) is 25.7 Å². The Bertz CT molecular complexity index is 939. The molecule has 1 atom stereocenters. The van der Waals surface area contributed by atoms with Gasteiger partial charge in [0.2, 0.25) is 11.8 Å². The molecular formula is C23H26N2O4. The topological polar surface area (TPSA) is 59.1 Å². The van der Waals surface area contributed by atoms with E-state index >= 15 is 0 Å². The van der Waals surface area contributed by atoms with Gasteiger partial charge in [0, 0.05) is 25.2 Å². The molecule has 6 heteroatoms. The number of fused-ring (bicyclic) bond motifs is 1. The molecule has 152 valence electrons. The van der Waals surface area contributed by atoms with Gasteiger partial charge in [-0.3, -0.25) is 14.5 Å². The first-order chi connectivity index (χ1) is 14.0. The molecule has 0 saturated carbocycles. The highest BCUT2D eigenvalue weighted by Crippen LogP contribution is 2.34. The summed E-state index contributed by atoms with van der Waals surface area (Å²) in [6.07, 6.45) is 1.72. The second-order valence-electron chi connectivity index (χ2n) is 7.64. The van der Waals surface area contributed by atoms with E-state index in [4.69, 9.17) is 9.47 Å². The summed E-state index contributed by atoms with van der Waals surface area (Å²) in [5, 5.41) is 0. The molecule has 29 heavy (non-hydrogen) atoms. The fraction of sp³-hybridized carbons (Fsp3) is 0.391. The van der Waals surface area contributed by atoms with Gasteiger partial charge < -0.3 is 14.4 Å². The normalized spacial score (nSPS) is 18.6. The Morgan fingerprint density at radius 3 is 2.31 bits per heavy atom. The van der Waals surface area contributed by atoms with Crippen LogP contribution in [0.5, 0.6) is 11.5 Å². The van der Waals surface area contributed by atoms with Crippen LogP contribution in [0.4, 0.5) is 5.69 Å². The molecule has 0 radical (unpaired) electrons. The molecule has 0 N–H and O–H groups in total. The number of rotatable bonds is 4. The zero-order chi connectivity index (χ0) is 20.5. The number of carbonyl (C=O) groups excluding carboxylic acids is 2. The lowest BCUT2D eigenvalue weighted by molar-refractivity contribution is -0.134. The van der Waals surface area contributed by atoms with Crippen LogP contribution in [0.3, 0.4) is 0 Å². The minimum atomic E-state index is -0.438. The van der Waals surface area contributed by atoms with Gasteiger partial charge in [-0.05, 0) is 55.2 Å². The number of benzene rings is 2. The summed E-state index contributed by atoms with van der Waals surface area (Å²) in [7, 11) is 3.24. The lowest BCUT2D eigenvalue weighted by atomic mass is 9.98. The minimum Gasteiger partial charge on any atom is -0.493 e. The molecule has 1 saturated heterocycles. The quantitative estimate of drug-likeness (QED) is 0.800. The van der Waals surface area contributed by atoms with Crippen LogP contribution in [0.1, 0.15) is 29.5 Å². The van der Waals surface area contributed by atoms with Crippen molar-refractivity contribution in [2.24, 2.45) is 0 Å². The largest absolute Gasteiger partial charge is 0.493 e. The Hall–Kier alpha value is -3.02. The lowest BCUT2D eigenvalue weighted by Gasteiger charge is -2.34. The number of amides is 2. The third-order valence-corrected chi connectivity index (χ3v) is 5.84. The summed E-state index contributed by atoms with van der Waals surface area (Å²) in [4.78, 5) is 29.4. The fourth-order valence-electron chi connectivity index (χ4n) is 4.23. The molecule has 0 aliphatic carbocycles. The predicted molar refractivity (Wildman–Crippen MR) is 110 cm³/mol. The molecular weight excluding hydrogens is 368 g/mol.